The lowest BCUT2D eigenvalue weighted by Crippen LogP contribution is -2.61. The molecule has 3 aliphatic heterocycles. The van der Waals surface area contributed by atoms with Crippen molar-refractivity contribution in [1.29, 1.82) is 0 Å². The lowest BCUT2D eigenvalue weighted by molar-refractivity contribution is -0.265. The average Bonchev–Trinajstić information content (AvgIpc) is 3.35. The summed E-state index contributed by atoms with van der Waals surface area (Å²) in [4.78, 5) is 72.5. The van der Waals surface area contributed by atoms with Gasteiger partial charge in [0.1, 0.15) is 30.1 Å². The fourth-order valence-corrected chi connectivity index (χ4v) is 12.5. The Morgan fingerprint density at radius 2 is 1.58 bits per heavy atom. The molecule has 4 aliphatic rings. The molecular formula is C56H90NO15P. The van der Waals surface area contributed by atoms with Crippen LogP contribution < -0.4 is 0 Å². The van der Waals surface area contributed by atoms with Crippen LogP contribution in [0.3, 0.4) is 0 Å². The molecule has 1 amide bonds. The number of hydrogen-bond donors (Lipinski definition) is 2. The Labute approximate surface area is 435 Å². The van der Waals surface area contributed by atoms with Crippen LogP contribution in [0.25, 0.3) is 0 Å². The van der Waals surface area contributed by atoms with Gasteiger partial charge in [-0.3, -0.25) is 23.7 Å². The summed E-state index contributed by atoms with van der Waals surface area (Å²) < 4.78 is 55.0. The number of ether oxygens (including phenoxy) is 5. The van der Waals surface area contributed by atoms with E-state index in [4.69, 9.17) is 32.7 Å². The number of ketones is 3. The van der Waals surface area contributed by atoms with Crippen molar-refractivity contribution in [2.45, 2.75) is 206 Å². The molecule has 16 nitrogen and oxygen atoms in total. The van der Waals surface area contributed by atoms with Crippen LogP contribution >= 0.6 is 7.60 Å². The van der Waals surface area contributed by atoms with Crippen molar-refractivity contribution >= 4 is 36.8 Å². The number of piperidine rings is 1. The third kappa shape index (κ3) is 17.4. The molecular weight excluding hydrogens is 958 g/mol. The van der Waals surface area contributed by atoms with E-state index in [0.717, 1.165) is 5.57 Å². The smallest absolute Gasteiger partial charge is 0.329 e. The minimum Gasteiger partial charge on any atom is -0.460 e. The van der Waals surface area contributed by atoms with Crippen LogP contribution in [-0.4, -0.2) is 140 Å². The number of fused-ring (bicyclic) bond motifs is 3. The summed E-state index contributed by atoms with van der Waals surface area (Å²) in [5.41, 5.74) is 1.24. The van der Waals surface area contributed by atoms with Gasteiger partial charge >= 0.3 is 13.6 Å². The van der Waals surface area contributed by atoms with Crippen molar-refractivity contribution in [2.24, 2.45) is 35.5 Å². The largest absolute Gasteiger partial charge is 0.460 e. The number of methoxy groups -OCH3 is 3. The lowest BCUT2D eigenvalue weighted by atomic mass is 9.78. The predicted molar refractivity (Wildman–Crippen MR) is 278 cm³/mol. The number of Topliss-reactive ketones (excluding diaryl/α,β-unsaturated/α-hetero) is 3. The van der Waals surface area contributed by atoms with E-state index >= 15 is 0 Å². The number of amides is 1. The van der Waals surface area contributed by atoms with Gasteiger partial charge in [0.05, 0.1) is 30.5 Å². The first-order valence-corrected chi connectivity index (χ1v) is 28.8. The van der Waals surface area contributed by atoms with Crippen LogP contribution in [0, 0.1) is 35.5 Å². The Morgan fingerprint density at radius 3 is 2.23 bits per heavy atom. The Balaban J connectivity index is 1.69. The number of allylic oxidation sites excluding steroid dienone is 6. The highest BCUT2D eigenvalue weighted by atomic mass is 31.2. The molecule has 2 saturated heterocycles. The molecule has 0 radical (unpaired) electrons. The summed E-state index contributed by atoms with van der Waals surface area (Å²) in [6.45, 7) is 18.0. The zero-order valence-electron chi connectivity index (χ0n) is 46.1. The molecule has 2 bridgehead atoms. The maximum Gasteiger partial charge on any atom is 0.329 e. The van der Waals surface area contributed by atoms with Crippen molar-refractivity contribution in [2.75, 3.05) is 34.5 Å². The fourth-order valence-electron chi connectivity index (χ4n) is 10.9. The zero-order valence-corrected chi connectivity index (χ0v) is 47.0. The fraction of sp³-hybridized carbons (Fsp3) is 0.768. The highest BCUT2D eigenvalue weighted by Crippen LogP contribution is 2.50. The second kappa shape index (κ2) is 28.8. The topological polar surface area (TPSA) is 211 Å². The standard InChI is InChI=1S/C56H90NO15P/c1-14-41(9)71-73(13,65)72-46-26-24-42(31-49(46)67-11)30-37(5)48-33-45(58)36(4)29-39(7)51(60)52(68-12)50(59)38(6)28-34(2)20-16-15-17-21-35(3)47(66-10)32-43-25-23-40(8)56(64,70-43)53(61)54(62)57-27-19-18-22-44(57)55(63)69-48/h15-17,20-21,29,34,36-38,40-44,46-49,51-52,60,64H,14,18-19,22-28,30-33H2,1-13H3/b17-15+,20-16+,35-21+,39-29+/t34-,36-,37-,38-,40-,41?,42+,43?,44?,46-,47+,48+,49-,51-,52+,56-,73?/m1/s1. The number of cyclic esters (lactones) is 1. The maximum absolute atomic E-state index is 14.6. The molecule has 2 N–H and O–H groups in total. The number of aliphatic hydroxyl groups is 2. The molecule has 4 unspecified atom stereocenters. The number of aliphatic hydroxyl groups excluding tert-OH is 1. The van der Waals surface area contributed by atoms with Gasteiger partial charge in [-0.15, -0.1) is 0 Å². The van der Waals surface area contributed by atoms with Crippen LogP contribution in [0.5, 0.6) is 0 Å². The first kappa shape index (κ1) is 62.4. The minimum absolute atomic E-state index is 0.00555. The van der Waals surface area contributed by atoms with Crippen molar-refractivity contribution in [1.82, 2.24) is 4.90 Å². The van der Waals surface area contributed by atoms with Gasteiger partial charge in [-0.25, -0.2) is 4.79 Å². The number of hydrogen-bond acceptors (Lipinski definition) is 15. The second-order valence-electron chi connectivity index (χ2n) is 21.8. The third-order valence-corrected chi connectivity index (χ3v) is 17.1. The molecule has 0 aromatic carbocycles. The Bertz CT molecular complexity index is 2040. The molecule has 73 heavy (non-hydrogen) atoms. The number of carbonyl (C=O) groups excluding carboxylic acids is 5. The molecule has 1 aliphatic carbocycles. The molecule has 414 valence electrons. The van der Waals surface area contributed by atoms with Crippen molar-refractivity contribution in [3.8, 4) is 0 Å². The molecule has 1 saturated carbocycles. The first-order valence-electron chi connectivity index (χ1n) is 26.8. The summed E-state index contributed by atoms with van der Waals surface area (Å²) in [6.07, 6.45) is 11.2. The Hall–Kier alpha value is -3.18. The third-order valence-electron chi connectivity index (χ3n) is 15.7. The summed E-state index contributed by atoms with van der Waals surface area (Å²) in [7, 11) is 1.14. The van der Waals surface area contributed by atoms with E-state index in [1.807, 2.05) is 71.9 Å². The molecule has 0 aromatic heterocycles. The van der Waals surface area contributed by atoms with Crippen molar-refractivity contribution in [3.05, 3.63) is 47.6 Å². The molecule has 3 heterocycles. The van der Waals surface area contributed by atoms with Gasteiger partial charge in [0.15, 0.2) is 5.78 Å². The highest BCUT2D eigenvalue weighted by Gasteiger charge is 2.53. The number of esters is 1. The van der Waals surface area contributed by atoms with Crippen molar-refractivity contribution in [3.63, 3.8) is 0 Å². The van der Waals surface area contributed by atoms with Gasteiger partial charge in [0, 0.05) is 65.1 Å². The molecule has 0 aromatic rings. The van der Waals surface area contributed by atoms with Gasteiger partial charge in [-0.1, -0.05) is 78.0 Å². The lowest BCUT2D eigenvalue weighted by Gasteiger charge is -2.42. The summed E-state index contributed by atoms with van der Waals surface area (Å²) in [5, 5.41) is 23.5. The molecule has 4 rings (SSSR count). The molecule has 17 heteroatoms. The average molecular weight is 1050 g/mol. The van der Waals surface area contributed by atoms with Crippen LogP contribution in [0.2, 0.25) is 0 Å². The summed E-state index contributed by atoms with van der Waals surface area (Å²) in [5.74, 6) is -8.27. The van der Waals surface area contributed by atoms with E-state index in [9.17, 15) is 38.8 Å². The maximum atomic E-state index is 14.6. The van der Waals surface area contributed by atoms with Gasteiger partial charge in [0.2, 0.25) is 5.79 Å². The molecule has 0 spiro atoms. The normalized spacial score (nSPS) is 38.6. The van der Waals surface area contributed by atoms with Gasteiger partial charge in [-0.05, 0) is 120 Å². The molecule has 3 fully saturated rings. The van der Waals surface area contributed by atoms with Crippen LogP contribution in [-0.2, 0) is 61.3 Å². The van der Waals surface area contributed by atoms with E-state index in [2.05, 4.69) is 0 Å². The van der Waals surface area contributed by atoms with E-state index in [-0.39, 0.29) is 48.9 Å². The van der Waals surface area contributed by atoms with Crippen molar-refractivity contribution < 1.29 is 71.5 Å². The summed E-state index contributed by atoms with van der Waals surface area (Å²) >= 11 is 0. The quantitative estimate of drug-likeness (QED) is 0.0857. The predicted octanol–water partition coefficient (Wildman–Crippen LogP) is 8.84. The zero-order chi connectivity index (χ0) is 54.4. The Morgan fingerprint density at radius 1 is 0.863 bits per heavy atom. The second-order valence-corrected chi connectivity index (χ2v) is 23.7. The van der Waals surface area contributed by atoms with Gasteiger partial charge < -0.3 is 47.8 Å². The van der Waals surface area contributed by atoms with Crippen LogP contribution in [0.15, 0.2) is 47.6 Å². The van der Waals surface area contributed by atoms with E-state index in [1.54, 1.807) is 41.1 Å². The highest BCUT2D eigenvalue weighted by molar-refractivity contribution is 7.53. The molecule has 17 atom stereocenters. The number of rotatable bonds is 11. The van der Waals surface area contributed by atoms with Crippen LogP contribution in [0.1, 0.15) is 146 Å². The minimum atomic E-state index is -3.39. The summed E-state index contributed by atoms with van der Waals surface area (Å²) in [6, 6.07) is -1.17. The number of carbonyl (C=O) groups is 5. The monoisotopic (exact) mass is 1050 g/mol. The van der Waals surface area contributed by atoms with Gasteiger partial charge in [-0.2, -0.15) is 0 Å². The van der Waals surface area contributed by atoms with E-state index in [0.29, 0.717) is 76.2 Å². The SMILES string of the molecule is CCC(C)OP(C)(=O)O[C@@H]1CC[C@@H](C[C@@H](C)[C@@H]2CC(=O)[C@H](C)/C=C(\C)[C@@H](O)[C@@H](OC)C(=O)[C@H](C)C[C@H](C)/C=C/C=C/C=C(\C)[C@@H](OC)CC3CC[C@@H](C)[C@@](O)(O3)C(=O)C(=O)N3CCCCC3C(=O)O2)C[C@H]1OC. The first-order chi connectivity index (χ1) is 34.4. The van der Waals surface area contributed by atoms with E-state index < -0.39 is 103 Å². The number of nitrogens with zero attached hydrogens (tertiary/aromatic N) is 1. The Kier molecular flexibility index (Phi) is 24.6. The van der Waals surface area contributed by atoms with E-state index in [1.165, 1.54) is 18.7 Å². The van der Waals surface area contributed by atoms with Gasteiger partial charge in [0.25, 0.3) is 11.7 Å². The van der Waals surface area contributed by atoms with Crippen LogP contribution in [0.4, 0.5) is 0 Å².